The van der Waals surface area contributed by atoms with Crippen molar-refractivity contribution in [3.63, 3.8) is 0 Å². The molecule has 0 aromatic heterocycles. The predicted octanol–water partition coefficient (Wildman–Crippen LogP) is 1.59. The Kier molecular flexibility index (Phi) is 3.70. The summed E-state index contributed by atoms with van der Waals surface area (Å²) in [7, 11) is 0. The van der Waals surface area contributed by atoms with Crippen LogP contribution in [0.4, 0.5) is 0 Å². The summed E-state index contributed by atoms with van der Waals surface area (Å²) < 4.78 is 17.9. The Morgan fingerprint density at radius 3 is 2.32 bits per heavy atom. The van der Waals surface area contributed by atoms with Crippen molar-refractivity contribution in [1.82, 2.24) is 4.90 Å². The second-order valence-electron chi connectivity index (χ2n) is 12.7. The van der Waals surface area contributed by atoms with Crippen LogP contribution in [0.5, 0.6) is 0 Å². The van der Waals surface area contributed by atoms with E-state index in [1.54, 1.807) is 0 Å². The van der Waals surface area contributed by atoms with Crippen LogP contribution in [-0.4, -0.2) is 70.5 Å². The fourth-order valence-electron chi connectivity index (χ4n) is 11.6. The molecule has 0 amide bonds. The van der Waals surface area contributed by atoms with Gasteiger partial charge in [0.1, 0.15) is 23.9 Å². The zero-order valence-electron chi connectivity index (χ0n) is 20.2. The van der Waals surface area contributed by atoms with Crippen LogP contribution in [-0.2, 0) is 28.6 Å². The van der Waals surface area contributed by atoms with Crippen molar-refractivity contribution >= 4 is 17.9 Å². The molecule has 9 rings (SSSR count). The van der Waals surface area contributed by atoms with Crippen molar-refractivity contribution in [2.45, 2.75) is 89.4 Å². The minimum absolute atomic E-state index is 0.0526. The molecule has 6 aliphatic carbocycles. The van der Waals surface area contributed by atoms with E-state index in [0.29, 0.717) is 24.8 Å². The third-order valence-corrected chi connectivity index (χ3v) is 11.1. The highest BCUT2D eigenvalue weighted by molar-refractivity contribution is 5.68. The summed E-state index contributed by atoms with van der Waals surface area (Å²) in [5, 5.41) is 12.8. The molecule has 1 unspecified atom stereocenters. The van der Waals surface area contributed by atoms with Crippen molar-refractivity contribution in [2.75, 3.05) is 6.54 Å². The number of fused-ring (bicyclic) bond motifs is 1. The quantitative estimate of drug-likeness (QED) is 0.376. The number of hydrogen-bond donors (Lipinski definition) is 1. The van der Waals surface area contributed by atoms with Crippen molar-refractivity contribution in [1.29, 1.82) is 0 Å². The molecule has 8 heteroatoms. The lowest BCUT2D eigenvalue weighted by Gasteiger charge is -2.68. The molecule has 3 saturated heterocycles. The van der Waals surface area contributed by atoms with Gasteiger partial charge in [0, 0.05) is 56.1 Å². The SMILES string of the molecule is C=C1C[C@@]23C[C@H]4[C@@H]5[C@@]6(C)C[C@H](OC(C)=O)C[C@@]57[C@@H]2[C@H](OC(C)=O)[C@@H]1[C@H](OC(C)=O)[C@@]3(O)[C@H]7N4C6. The van der Waals surface area contributed by atoms with Gasteiger partial charge in [0.2, 0.25) is 0 Å². The first-order valence-electron chi connectivity index (χ1n) is 12.6. The zero-order valence-corrected chi connectivity index (χ0v) is 20.2. The minimum atomic E-state index is -1.25. The van der Waals surface area contributed by atoms with Gasteiger partial charge in [-0.25, -0.2) is 0 Å². The second kappa shape index (κ2) is 5.89. The standard InChI is InChI=1S/C26H33NO7/c1-11-6-24-9-16-19-23(5)7-15(32-12(2)28)8-25(19)20(24)18(33-13(3)29)17(11)21(34-14(4)30)26(24,31)22(25)27(16)10-23/h15-22,31H,1,6-10H2,2-5H3/t15-,16-,17+,18+,19+,20+,21-,22-,23-,24+,25-,26+/m0/s1. The van der Waals surface area contributed by atoms with Crippen molar-refractivity contribution in [3.8, 4) is 0 Å². The minimum Gasteiger partial charge on any atom is -0.463 e. The highest BCUT2D eigenvalue weighted by Crippen LogP contribution is 2.88. The van der Waals surface area contributed by atoms with Gasteiger partial charge in [-0.2, -0.15) is 0 Å². The van der Waals surface area contributed by atoms with Crippen LogP contribution in [0.2, 0.25) is 0 Å². The Bertz CT molecular complexity index is 1070. The molecule has 9 aliphatic rings. The molecular formula is C26H33NO7. The number of esters is 3. The van der Waals surface area contributed by atoms with E-state index in [1.807, 2.05) is 0 Å². The Morgan fingerprint density at radius 2 is 1.68 bits per heavy atom. The van der Waals surface area contributed by atoms with Gasteiger partial charge < -0.3 is 19.3 Å². The van der Waals surface area contributed by atoms with E-state index in [1.165, 1.54) is 20.8 Å². The van der Waals surface area contributed by atoms with Crippen LogP contribution in [0, 0.1) is 34.0 Å². The second-order valence-corrected chi connectivity index (χ2v) is 12.7. The molecule has 184 valence electrons. The molecule has 6 saturated carbocycles. The molecule has 3 heterocycles. The van der Waals surface area contributed by atoms with E-state index in [9.17, 15) is 19.5 Å². The van der Waals surface area contributed by atoms with E-state index < -0.39 is 35.1 Å². The van der Waals surface area contributed by atoms with Crippen LogP contribution in [0.25, 0.3) is 0 Å². The number of ether oxygens (including phenoxy) is 3. The maximum Gasteiger partial charge on any atom is 0.303 e. The van der Waals surface area contributed by atoms with Gasteiger partial charge in [-0.05, 0) is 37.0 Å². The van der Waals surface area contributed by atoms with Crippen molar-refractivity contribution in [2.24, 2.45) is 34.0 Å². The fraction of sp³-hybridized carbons (Fsp3) is 0.808. The molecule has 9 bridgehead atoms. The van der Waals surface area contributed by atoms with Crippen LogP contribution in [0.15, 0.2) is 12.2 Å². The Balaban J connectivity index is 1.48. The molecule has 8 nitrogen and oxygen atoms in total. The molecule has 3 aliphatic heterocycles. The first-order valence-corrected chi connectivity index (χ1v) is 12.6. The molecule has 2 spiro atoms. The van der Waals surface area contributed by atoms with Gasteiger partial charge in [-0.1, -0.05) is 19.1 Å². The Labute approximate surface area is 199 Å². The molecule has 34 heavy (non-hydrogen) atoms. The molecule has 0 aromatic carbocycles. The maximum absolute atomic E-state index is 12.8. The van der Waals surface area contributed by atoms with E-state index in [0.717, 1.165) is 25.0 Å². The number of hydrogen-bond acceptors (Lipinski definition) is 8. The summed E-state index contributed by atoms with van der Waals surface area (Å²) in [4.78, 5) is 39.2. The van der Waals surface area contributed by atoms with Crippen molar-refractivity contribution < 1.29 is 33.7 Å². The fourth-order valence-corrected chi connectivity index (χ4v) is 11.6. The number of piperidine rings is 2. The summed E-state index contributed by atoms with van der Waals surface area (Å²) in [5.74, 6) is -1.34. The number of aliphatic hydroxyl groups is 1. The van der Waals surface area contributed by atoms with Gasteiger partial charge in [0.05, 0.1) is 5.92 Å². The van der Waals surface area contributed by atoms with Gasteiger partial charge >= 0.3 is 17.9 Å². The largest absolute Gasteiger partial charge is 0.463 e. The molecular weight excluding hydrogens is 438 g/mol. The molecule has 0 radical (unpaired) electrons. The monoisotopic (exact) mass is 471 g/mol. The van der Waals surface area contributed by atoms with E-state index in [2.05, 4.69) is 18.4 Å². The lowest BCUT2D eigenvalue weighted by atomic mass is 9.39. The van der Waals surface area contributed by atoms with Crippen LogP contribution >= 0.6 is 0 Å². The van der Waals surface area contributed by atoms with Crippen LogP contribution < -0.4 is 0 Å². The maximum atomic E-state index is 12.8. The molecule has 1 N–H and O–H groups in total. The molecule has 13 atom stereocenters. The van der Waals surface area contributed by atoms with Crippen LogP contribution in [0.3, 0.4) is 0 Å². The summed E-state index contributed by atoms with van der Waals surface area (Å²) >= 11 is 0. The normalized spacial score (nSPS) is 58.7. The molecule has 9 fully saturated rings. The first kappa shape index (κ1) is 21.4. The number of carbonyl (C=O) groups excluding carboxylic acids is 3. The zero-order chi connectivity index (χ0) is 24.2. The number of carbonyl (C=O) groups is 3. The number of rotatable bonds is 3. The smallest absolute Gasteiger partial charge is 0.303 e. The average Bonchev–Trinajstić information content (AvgIpc) is 3.09. The first-order chi connectivity index (χ1) is 15.9. The third-order valence-electron chi connectivity index (χ3n) is 11.1. The lowest BCUT2D eigenvalue weighted by Crippen LogP contribution is -2.77. The third kappa shape index (κ3) is 1.95. The Morgan fingerprint density at radius 1 is 1.00 bits per heavy atom. The summed E-state index contributed by atoms with van der Waals surface area (Å²) in [6.45, 7) is 11.7. The summed E-state index contributed by atoms with van der Waals surface area (Å²) in [5.41, 5.74) is -1.37. The van der Waals surface area contributed by atoms with E-state index in [4.69, 9.17) is 14.2 Å². The number of nitrogens with zero attached hydrogens (tertiary/aromatic N) is 1. The highest BCUT2D eigenvalue weighted by atomic mass is 16.6. The van der Waals surface area contributed by atoms with Crippen molar-refractivity contribution in [3.05, 3.63) is 12.2 Å². The molecule has 0 aromatic rings. The predicted molar refractivity (Wildman–Crippen MR) is 117 cm³/mol. The topological polar surface area (TPSA) is 102 Å². The van der Waals surface area contributed by atoms with E-state index >= 15 is 0 Å². The van der Waals surface area contributed by atoms with Gasteiger partial charge in [-0.15, -0.1) is 0 Å². The van der Waals surface area contributed by atoms with E-state index in [-0.39, 0.29) is 40.8 Å². The highest BCUT2D eigenvalue weighted by Gasteiger charge is 2.96. The Hall–Kier alpha value is -1.93. The lowest BCUT2D eigenvalue weighted by molar-refractivity contribution is -0.287. The van der Waals surface area contributed by atoms with Crippen LogP contribution in [0.1, 0.15) is 53.4 Å². The summed E-state index contributed by atoms with van der Waals surface area (Å²) in [6.07, 6.45) is 1.31. The van der Waals surface area contributed by atoms with Gasteiger partial charge in [0.25, 0.3) is 0 Å². The average molecular weight is 472 g/mol. The summed E-state index contributed by atoms with van der Waals surface area (Å²) in [6, 6.07) is 0.101. The van der Waals surface area contributed by atoms with Gasteiger partial charge in [-0.3, -0.25) is 19.3 Å². The van der Waals surface area contributed by atoms with Gasteiger partial charge in [0.15, 0.2) is 0 Å².